The summed E-state index contributed by atoms with van der Waals surface area (Å²) in [6, 6.07) is 26.0. The fourth-order valence-electron chi connectivity index (χ4n) is 2.97. The molecule has 0 saturated carbocycles. The van der Waals surface area contributed by atoms with Crippen LogP contribution in [0.5, 0.6) is 5.75 Å². The minimum atomic E-state index is -0.489. The van der Waals surface area contributed by atoms with E-state index in [1.807, 2.05) is 48.5 Å². The van der Waals surface area contributed by atoms with Gasteiger partial charge in [0.25, 0.3) is 5.91 Å². The summed E-state index contributed by atoms with van der Waals surface area (Å²) in [5, 5.41) is 21.5. The van der Waals surface area contributed by atoms with Gasteiger partial charge in [-0.25, -0.2) is 0 Å². The Kier molecular flexibility index (Phi) is 7.19. The summed E-state index contributed by atoms with van der Waals surface area (Å²) >= 11 is 0. The van der Waals surface area contributed by atoms with E-state index >= 15 is 0 Å². The van der Waals surface area contributed by atoms with Gasteiger partial charge in [0.1, 0.15) is 24.0 Å². The summed E-state index contributed by atoms with van der Waals surface area (Å²) in [5.41, 5.74) is 3.66. The zero-order valence-corrected chi connectivity index (χ0v) is 17.1. The number of hydrogen-bond donors (Lipinski definition) is 1. The minimum Gasteiger partial charge on any atom is -0.488 e. The number of aryl methyl sites for hydroxylation is 1. The smallest absolute Gasteiger partial charge is 0.266 e. The molecule has 3 rings (SSSR count). The zero-order valence-electron chi connectivity index (χ0n) is 17.1. The number of carbonyl (C=O) groups is 1. The summed E-state index contributed by atoms with van der Waals surface area (Å²) < 4.78 is 5.90. The lowest BCUT2D eigenvalue weighted by atomic mass is 10.1. The Morgan fingerprint density at radius 3 is 2.42 bits per heavy atom. The van der Waals surface area contributed by atoms with Gasteiger partial charge in [-0.2, -0.15) is 10.5 Å². The molecule has 0 bridgehead atoms. The minimum absolute atomic E-state index is 0.0342. The first kappa shape index (κ1) is 21.4. The highest BCUT2D eigenvalue weighted by atomic mass is 16.5. The molecule has 31 heavy (non-hydrogen) atoms. The molecule has 0 atom stereocenters. The molecule has 0 spiro atoms. The van der Waals surface area contributed by atoms with E-state index < -0.39 is 5.91 Å². The van der Waals surface area contributed by atoms with Crippen LogP contribution in [-0.2, 0) is 17.8 Å². The first-order chi connectivity index (χ1) is 15.1. The van der Waals surface area contributed by atoms with E-state index in [0.717, 1.165) is 17.5 Å². The molecule has 3 aromatic rings. The third-order valence-corrected chi connectivity index (χ3v) is 4.72. The largest absolute Gasteiger partial charge is 0.488 e. The van der Waals surface area contributed by atoms with Gasteiger partial charge in [-0.05, 0) is 42.3 Å². The normalized spacial score (nSPS) is 10.6. The van der Waals surface area contributed by atoms with Crippen molar-refractivity contribution in [1.29, 1.82) is 10.5 Å². The first-order valence-corrected chi connectivity index (χ1v) is 9.86. The monoisotopic (exact) mass is 407 g/mol. The van der Waals surface area contributed by atoms with Crippen molar-refractivity contribution in [1.82, 2.24) is 0 Å². The first-order valence-electron chi connectivity index (χ1n) is 9.86. The molecule has 3 aromatic carbocycles. The van der Waals surface area contributed by atoms with Crippen molar-refractivity contribution < 1.29 is 9.53 Å². The van der Waals surface area contributed by atoms with Gasteiger partial charge in [0.05, 0.1) is 11.6 Å². The van der Waals surface area contributed by atoms with Crippen LogP contribution < -0.4 is 10.1 Å². The number of hydrogen-bond acceptors (Lipinski definition) is 4. The van der Waals surface area contributed by atoms with E-state index in [-0.39, 0.29) is 12.2 Å². The van der Waals surface area contributed by atoms with Crippen molar-refractivity contribution in [2.24, 2.45) is 0 Å². The molecular formula is C26H21N3O2. The van der Waals surface area contributed by atoms with Crippen LogP contribution in [0.15, 0.2) is 78.4 Å². The molecule has 5 nitrogen and oxygen atoms in total. The number of nitriles is 2. The summed E-state index contributed by atoms with van der Waals surface area (Å²) in [6.07, 6.45) is 2.41. The van der Waals surface area contributed by atoms with Crippen molar-refractivity contribution in [3.05, 3.63) is 101 Å². The predicted molar refractivity (Wildman–Crippen MR) is 120 cm³/mol. The Morgan fingerprint density at radius 2 is 1.71 bits per heavy atom. The number of para-hydroxylation sites is 1. The van der Waals surface area contributed by atoms with Crippen molar-refractivity contribution in [2.45, 2.75) is 20.0 Å². The lowest BCUT2D eigenvalue weighted by molar-refractivity contribution is -0.112. The molecule has 0 unspecified atom stereocenters. The molecule has 0 heterocycles. The lowest BCUT2D eigenvalue weighted by Gasteiger charge is -2.11. The molecule has 0 aliphatic carbocycles. The van der Waals surface area contributed by atoms with Crippen LogP contribution in [0.2, 0.25) is 0 Å². The summed E-state index contributed by atoms with van der Waals surface area (Å²) in [7, 11) is 0. The van der Waals surface area contributed by atoms with E-state index in [9.17, 15) is 15.3 Å². The number of anilines is 1. The third-order valence-electron chi connectivity index (χ3n) is 4.72. The van der Waals surface area contributed by atoms with Gasteiger partial charge in [0.15, 0.2) is 0 Å². The number of rotatable bonds is 7. The Bertz CT molecular complexity index is 1180. The number of carbonyl (C=O) groups excluding carboxylic acids is 1. The average Bonchev–Trinajstić information content (AvgIpc) is 2.82. The highest BCUT2D eigenvalue weighted by Crippen LogP contribution is 2.23. The fourth-order valence-corrected chi connectivity index (χ4v) is 2.97. The summed E-state index contributed by atoms with van der Waals surface area (Å²) in [6.45, 7) is 2.26. The molecule has 0 aromatic heterocycles. The van der Waals surface area contributed by atoms with E-state index in [0.29, 0.717) is 22.6 Å². The number of benzene rings is 3. The second-order valence-electron chi connectivity index (χ2n) is 6.77. The van der Waals surface area contributed by atoms with Crippen LogP contribution in [-0.4, -0.2) is 5.91 Å². The van der Waals surface area contributed by atoms with E-state index in [1.165, 1.54) is 6.08 Å². The van der Waals surface area contributed by atoms with Crippen molar-refractivity contribution in [2.75, 3.05) is 5.32 Å². The highest BCUT2D eigenvalue weighted by molar-refractivity contribution is 6.09. The van der Waals surface area contributed by atoms with Crippen LogP contribution in [0, 0.1) is 22.7 Å². The van der Waals surface area contributed by atoms with Crippen LogP contribution in [0.25, 0.3) is 6.08 Å². The molecule has 152 valence electrons. The summed E-state index contributed by atoms with van der Waals surface area (Å²) in [4.78, 5) is 12.6. The van der Waals surface area contributed by atoms with E-state index in [2.05, 4.69) is 18.3 Å². The lowest BCUT2D eigenvalue weighted by Crippen LogP contribution is -2.13. The van der Waals surface area contributed by atoms with Gasteiger partial charge >= 0.3 is 0 Å². The average molecular weight is 407 g/mol. The number of nitrogens with zero attached hydrogens (tertiary/aromatic N) is 2. The summed E-state index contributed by atoms with van der Waals surface area (Å²) in [5.74, 6) is 0.0273. The van der Waals surface area contributed by atoms with Crippen LogP contribution in [0.4, 0.5) is 5.69 Å². The van der Waals surface area contributed by atoms with Crippen molar-refractivity contribution >= 4 is 17.7 Å². The number of nitrogens with one attached hydrogen (secondary N) is 1. The van der Waals surface area contributed by atoms with Crippen LogP contribution in [0.3, 0.4) is 0 Å². The van der Waals surface area contributed by atoms with Gasteiger partial charge in [-0.3, -0.25) is 4.79 Å². The molecule has 1 amide bonds. The fraction of sp³-hybridized carbons (Fsp3) is 0.115. The predicted octanol–water partition coefficient (Wildman–Crippen LogP) is 5.25. The highest BCUT2D eigenvalue weighted by Gasteiger charge is 2.12. The zero-order chi connectivity index (χ0) is 22.1. The van der Waals surface area contributed by atoms with Crippen LogP contribution >= 0.6 is 0 Å². The second-order valence-corrected chi connectivity index (χ2v) is 6.77. The van der Waals surface area contributed by atoms with Gasteiger partial charge in [0, 0.05) is 16.8 Å². The molecule has 1 N–H and O–H groups in total. The number of ether oxygens (including phenoxy) is 1. The van der Waals surface area contributed by atoms with Gasteiger partial charge in [-0.15, -0.1) is 0 Å². The van der Waals surface area contributed by atoms with Crippen LogP contribution in [0.1, 0.15) is 29.2 Å². The Hall–Kier alpha value is -4.35. The molecule has 0 aliphatic heterocycles. The molecular weight excluding hydrogens is 386 g/mol. The maximum atomic E-state index is 12.6. The van der Waals surface area contributed by atoms with Gasteiger partial charge in [0.2, 0.25) is 0 Å². The Balaban J connectivity index is 1.78. The number of amides is 1. The SMILES string of the molecule is CCc1ccc(NC(=O)/C(C#N)=C/c2ccccc2OCc2ccccc2C#N)cc1. The molecule has 0 saturated heterocycles. The molecule has 0 aliphatic rings. The topological polar surface area (TPSA) is 85.9 Å². The second kappa shape index (κ2) is 10.4. The van der Waals surface area contributed by atoms with Gasteiger partial charge in [-0.1, -0.05) is 55.5 Å². The Labute approximate surface area is 181 Å². The molecule has 0 radical (unpaired) electrons. The van der Waals surface area contributed by atoms with Crippen molar-refractivity contribution in [3.63, 3.8) is 0 Å². The van der Waals surface area contributed by atoms with E-state index in [1.54, 1.807) is 30.3 Å². The Morgan fingerprint density at radius 1 is 1.00 bits per heavy atom. The quantitative estimate of drug-likeness (QED) is 0.428. The van der Waals surface area contributed by atoms with E-state index in [4.69, 9.17) is 4.74 Å². The van der Waals surface area contributed by atoms with Gasteiger partial charge < -0.3 is 10.1 Å². The van der Waals surface area contributed by atoms with Crippen molar-refractivity contribution in [3.8, 4) is 17.9 Å². The standard InChI is InChI=1S/C26H21N3O2/c1-2-19-11-13-24(14-12-19)29-26(30)23(17-28)15-20-7-5-6-10-25(20)31-18-22-9-4-3-8-21(22)16-27/h3-15H,2,18H2,1H3,(H,29,30)/b23-15+. The maximum Gasteiger partial charge on any atom is 0.266 e. The third kappa shape index (κ3) is 5.59. The maximum absolute atomic E-state index is 12.6. The molecule has 0 fully saturated rings. The molecule has 5 heteroatoms.